The van der Waals surface area contributed by atoms with Gasteiger partial charge in [-0.1, -0.05) is 0 Å². The number of hydrazone groups is 1. The van der Waals surface area contributed by atoms with Crippen molar-refractivity contribution in [2.45, 2.75) is 12.8 Å². The number of hydrogen-bond acceptors (Lipinski definition) is 2. The zero-order chi connectivity index (χ0) is 9.26. The Morgan fingerprint density at radius 2 is 2.23 bits per heavy atom. The lowest BCUT2D eigenvalue weighted by atomic mass is 10.0. The fourth-order valence-corrected chi connectivity index (χ4v) is 1.46. The zero-order valence-electron chi connectivity index (χ0n) is 7.05. The molecule has 0 radical (unpaired) electrons. The molecule has 1 aromatic carbocycles. The monoisotopic (exact) mass is 179 g/mol. The molecule has 0 bridgehead atoms. The van der Waals surface area contributed by atoms with E-state index in [4.69, 9.17) is 5.84 Å². The van der Waals surface area contributed by atoms with Gasteiger partial charge in [-0.05, 0) is 30.2 Å². The summed E-state index contributed by atoms with van der Waals surface area (Å²) in [5, 5.41) is 6.61. The molecule has 4 heteroatoms. The maximum absolute atomic E-state index is 12.8. The van der Waals surface area contributed by atoms with Crippen molar-refractivity contribution in [2.75, 3.05) is 5.32 Å². The van der Waals surface area contributed by atoms with Gasteiger partial charge in [-0.25, -0.2) is 4.39 Å². The lowest BCUT2D eigenvalue weighted by molar-refractivity contribution is 0.625. The number of nitrogens with zero attached hydrogens (tertiary/aromatic N) is 1. The molecule has 0 saturated heterocycles. The number of benzene rings is 1. The first-order valence-electron chi connectivity index (χ1n) is 4.12. The van der Waals surface area contributed by atoms with Crippen LogP contribution in [0.2, 0.25) is 0 Å². The van der Waals surface area contributed by atoms with Crippen molar-refractivity contribution >= 4 is 11.5 Å². The lowest BCUT2D eigenvalue weighted by Crippen LogP contribution is -2.20. The van der Waals surface area contributed by atoms with Crippen molar-refractivity contribution in [1.82, 2.24) is 0 Å². The Labute approximate surface area is 75.4 Å². The van der Waals surface area contributed by atoms with E-state index in [1.54, 1.807) is 6.07 Å². The number of halogens is 1. The van der Waals surface area contributed by atoms with Crippen LogP contribution in [0.5, 0.6) is 0 Å². The van der Waals surface area contributed by atoms with E-state index in [9.17, 15) is 4.39 Å². The van der Waals surface area contributed by atoms with Gasteiger partial charge in [0.05, 0.1) is 0 Å². The molecule has 0 atom stereocenters. The van der Waals surface area contributed by atoms with Gasteiger partial charge in [0.25, 0.3) is 0 Å². The highest BCUT2D eigenvalue weighted by molar-refractivity contribution is 5.97. The SMILES string of the molecule is N/N=C1/CCc2cc(F)ccc2N1. The minimum absolute atomic E-state index is 0.200. The van der Waals surface area contributed by atoms with Gasteiger partial charge < -0.3 is 11.2 Å². The molecule has 0 aliphatic carbocycles. The Kier molecular flexibility index (Phi) is 1.88. The third kappa shape index (κ3) is 1.47. The molecular weight excluding hydrogens is 169 g/mol. The molecule has 0 saturated carbocycles. The minimum atomic E-state index is -0.200. The van der Waals surface area contributed by atoms with Gasteiger partial charge in [0, 0.05) is 12.1 Å². The van der Waals surface area contributed by atoms with Crippen LogP contribution in [0.15, 0.2) is 23.3 Å². The summed E-state index contributed by atoms with van der Waals surface area (Å²) >= 11 is 0. The summed E-state index contributed by atoms with van der Waals surface area (Å²) in [6, 6.07) is 4.66. The molecule has 1 aliphatic heterocycles. The third-order valence-corrected chi connectivity index (χ3v) is 2.13. The van der Waals surface area contributed by atoms with Gasteiger partial charge in [0.1, 0.15) is 11.7 Å². The van der Waals surface area contributed by atoms with Crippen LogP contribution in [0.3, 0.4) is 0 Å². The number of amidine groups is 1. The number of aryl methyl sites for hydroxylation is 1. The van der Waals surface area contributed by atoms with Crippen LogP contribution in [0.25, 0.3) is 0 Å². The quantitative estimate of drug-likeness (QED) is 0.468. The van der Waals surface area contributed by atoms with E-state index in [0.717, 1.165) is 29.9 Å². The molecule has 0 amide bonds. The fraction of sp³-hybridized carbons (Fsp3) is 0.222. The largest absolute Gasteiger partial charge is 0.342 e. The summed E-state index contributed by atoms with van der Waals surface area (Å²) in [6.07, 6.45) is 1.53. The predicted molar refractivity (Wildman–Crippen MR) is 50.0 cm³/mol. The smallest absolute Gasteiger partial charge is 0.126 e. The topological polar surface area (TPSA) is 50.4 Å². The van der Waals surface area contributed by atoms with Gasteiger partial charge in [-0.15, -0.1) is 0 Å². The second-order valence-electron chi connectivity index (χ2n) is 3.00. The average molecular weight is 179 g/mol. The van der Waals surface area contributed by atoms with Crippen LogP contribution in [0.4, 0.5) is 10.1 Å². The second-order valence-corrected chi connectivity index (χ2v) is 3.00. The highest BCUT2D eigenvalue weighted by atomic mass is 19.1. The molecule has 1 heterocycles. The number of nitrogens with two attached hydrogens (primary N) is 1. The van der Waals surface area contributed by atoms with E-state index in [0.29, 0.717) is 0 Å². The lowest BCUT2D eigenvalue weighted by Gasteiger charge is -2.18. The molecule has 1 aliphatic rings. The average Bonchev–Trinajstić information content (AvgIpc) is 2.17. The third-order valence-electron chi connectivity index (χ3n) is 2.13. The van der Waals surface area contributed by atoms with Gasteiger partial charge in [0.2, 0.25) is 0 Å². The van der Waals surface area contributed by atoms with Crippen molar-refractivity contribution in [3.05, 3.63) is 29.6 Å². The summed E-state index contributed by atoms with van der Waals surface area (Å²) < 4.78 is 12.8. The molecule has 0 unspecified atom stereocenters. The molecule has 68 valence electrons. The first kappa shape index (κ1) is 8.04. The zero-order valence-corrected chi connectivity index (χ0v) is 7.05. The van der Waals surface area contributed by atoms with Crippen LogP contribution in [-0.4, -0.2) is 5.84 Å². The first-order chi connectivity index (χ1) is 6.29. The number of nitrogens with one attached hydrogen (secondary N) is 1. The standard InChI is InChI=1S/C9H10FN3/c10-7-2-3-8-6(5-7)1-4-9(12-8)13-11/h2-3,5H,1,4,11H2,(H,12,13). The molecule has 13 heavy (non-hydrogen) atoms. The molecule has 0 aromatic heterocycles. The number of anilines is 1. The van der Waals surface area contributed by atoms with Crippen molar-refractivity contribution in [1.29, 1.82) is 0 Å². The summed E-state index contributed by atoms with van der Waals surface area (Å²) in [5.74, 6) is 5.69. The van der Waals surface area contributed by atoms with Crippen LogP contribution < -0.4 is 11.2 Å². The normalized spacial score (nSPS) is 18.1. The van der Waals surface area contributed by atoms with Crippen molar-refractivity contribution in [2.24, 2.45) is 10.9 Å². The van der Waals surface area contributed by atoms with Gasteiger partial charge in [-0.3, -0.25) is 0 Å². The Morgan fingerprint density at radius 1 is 1.38 bits per heavy atom. The van der Waals surface area contributed by atoms with Gasteiger partial charge >= 0.3 is 0 Å². The van der Waals surface area contributed by atoms with E-state index in [-0.39, 0.29) is 5.82 Å². The number of fused-ring (bicyclic) bond motifs is 1. The van der Waals surface area contributed by atoms with E-state index in [2.05, 4.69) is 10.4 Å². The van der Waals surface area contributed by atoms with Crippen molar-refractivity contribution in [3.8, 4) is 0 Å². The van der Waals surface area contributed by atoms with Gasteiger partial charge in [-0.2, -0.15) is 5.10 Å². The summed E-state index contributed by atoms with van der Waals surface area (Å²) in [4.78, 5) is 0. The van der Waals surface area contributed by atoms with E-state index < -0.39 is 0 Å². The molecule has 3 N–H and O–H groups in total. The Balaban J connectivity index is 2.37. The van der Waals surface area contributed by atoms with E-state index in [1.807, 2.05) is 0 Å². The predicted octanol–water partition coefficient (Wildman–Crippen LogP) is 1.46. The number of hydrogen-bond donors (Lipinski definition) is 2. The van der Waals surface area contributed by atoms with E-state index in [1.165, 1.54) is 12.1 Å². The molecular formula is C9H10FN3. The Bertz CT molecular complexity index is 360. The summed E-state index contributed by atoms with van der Waals surface area (Å²) in [7, 11) is 0. The Hall–Kier alpha value is -1.58. The van der Waals surface area contributed by atoms with Crippen LogP contribution in [-0.2, 0) is 6.42 Å². The minimum Gasteiger partial charge on any atom is -0.342 e. The van der Waals surface area contributed by atoms with Crippen LogP contribution >= 0.6 is 0 Å². The van der Waals surface area contributed by atoms with Crippen LogP contribution in [0, 0.1) is 5.82 Å². The molecule has 3 nitrogen and oxygen atoms in total. The van der Waals surface area contributed by atoms with Crippen molar-refractivity contribution in [3.63, 3.8) is 0 Å². The number of rotatable bonds is 0. The molecule has 0 fully saturated rings. The summed E-state index contributed by atoms with van der Waals surface area (Å²) in [6.45, 7) is 0. The second kappa shape index (κ2) is 3.05. The Morgan fingerprint density at radius 3 is 3.00 bits per heavy atom. The van der Waals surface area contributed by atoms with Crippen molar-refractivity contribution < 1.29 is 4.39 Å². The maximum atomic E-state index is 12.8. The van der Waals surface area contributed by atoms with Crippen LogP contribution in [0.1, 0.15) is 12.0 Å². The fourth-order valence-electron chi connectivity index (χ4n) is 1.46. The maximum Gasteiger partial charge on any atom is 0.126 e. The highest BCUT2D eigenvalue weighted by Crippen LogP contribution is 2.23. The summed E-state index contributed by atoms with van der Waals surface area (Å²) in [5.41, 5.74) is 1.88. The van der Waals surface area contributed by atoms with Gasteiger partial charge in [0.15, 0.2) is 0 Å². The van der Waals surface area contributed by atoms with E-state index >= 15 is 0 Å². The molecule has 0 spiro atoms. The first-order valence-corrected chi connectivity index (χ1v) is 4.12. The molecule has 1 aromatic rings. The highest BCUT2D eigenvalue weighted by Gasteiger charge is 2.13. The molecule has 2 rings (SSSR count).